The van der Waals surface area contributed by atoms with Crippen LogP contribution in [-0.4, -0.2) is 44.9 Å². The average Bonchev–Trinajstić information content (AvgIpc) is 2.70. The molecule has 2 heterocycles. The Morgan fingerprint density at radius 1 is 1.07 bits per heavy atom. The van der Waals surface area contributed by atoms with Crippen molar-refractivity contribution in [2.75, 3.05) is 33.0 Å². The summed E-state index contributed by atoms with van der Waals surface area (Å²) < 4.78 is 26.2. The second-order valence-corrected chi connectivity index (χ2v) is 6.47. The maximum Gasteiger partial charge on any atom is 0.377 e. The maximum atomic E-state index is 12.3. The highest BCUT2D eigenvalue weighted by Crippen LogP contribution is 2.34. The van der Waals surface area contributed by atoms with Crippen molar-refractivity contribution in [3.8, 4) is 11.5 Å². The van der Waals surface area contributed by atoms with Gasteiger partial charge in [0.05, 0.1) is 6.04 Å². The molecule has 1 amide bonds. The van der Waals surface area contributed by atoms with Crippen LogP contribution in [0.1, 0.15) is 25.5 Å². The van der Waals surface area contributed by atoms with Crippen LogP contribution in [0.15, 0.2) is 30.2 Å². The number of amides is 1. The van der Waals surface area contributed by atoms with Gasteiger partial charge < -0.3 is 29.0 Å². The summed E-state index contributed by atoms with van der Waals surface area (Å²) in [7, 11) is 0. The van der Waals surface area contributed by atoms with Gasteiger partial charge in [-0.1, -0.05) is 19.9 Å². The Kier molecular flexibility index (Phi) is 6.05. The van der Waals surface area contributed by atoms with Gasteiger partial charge in [0.25, 0.3) is 5.91 Å². The summed E-state index contributed by atoms with van der Waals surface area (Å²) in [5, 5.41) is 2.89. The van der Waals surface area contributed by atoms with Gasteiger partial charge in [0.15, 0.2) is 18.1 Å². The standard InChI is InChI=1S/C19H23NO7/c1-12(2)18(13-3-4-14-15(9-13)25-8-7-24-14)20-17(21)11-27-19(22)16-10-23-5-6-26-16/h3-4,9-10,12,18H,5-8,11H2,1-2H3,(H,20,21)/t18-/m1/s1. The summed E-state index contributed by atoms with van der Waals surface area (Å²) in [5.74, 6) is 0.285. The molecule has 8 nitrogen and oxygen atoms in total. The van der Waals surface area contributed by atoms with Crippen molar-refractivity contribution in [3.05, 3.63) is 35.8 Å². The van der Waals surface area contributed by atoms with E-state index in [4.69, 9.17) is 23.7 Å². The van der Waals surface area contributed by atoms with Gasteiger partial charge in [-0.05, 0) is 23.6 Å². The smallest absolute Gasteiger partial charge is 0.377 e. The predicted molar refractivity (Wildman–Crippen MR) is 94.1 cm³/mol. The van der Waals surface area contributed by atoms with Crippen LogP contribution in [0.4, 0.5) is 0 Å². The van der Waals surface area contributed by atoms with E-state index in [2.05, 4.69) is 5.32 Å². The van der Waals surface area contributed by atoms with Crippen LogP contribution in [0.5, 0.6) is 11.5 Å². The molecule has 0 aromatic heterocycles. The number of carbonyl (C=O) groups is 2. The Balaban J connectivity index is 1.60. The molecule has 0 unspecified atom stereocenters. The highest BCUT2D eigenvalue weighted by molar-refractivity contribution is 5.88. The second-order valence-electron chi connectivity index (χ2n) is 6.47. The molecule has 1 N–H and O–H groups in total. The highest BCUT2D eigenvalue weighted by Gasteiger charge is 2.23. The number of hydrogen-bond donors (Lipinski definition) is 1. The number of hydrogen-bond acceptors (Lipinski definition) is 7. The molecule has 1 aromatic rings. The third kappa shape index (κ3) is 4.84. The van der Waals surface area contributed by atoms with Crippen molar-refractivity contribution in [1.29, 1.82) is 0 Å². The molecule has 8 heteroatoms. The molecule has 0 fully saturated rings. The van der Waals surface area contributed by atoms with Crippen LogP contribution >= 0.6 is 0 Å². The second kappa shape index (κ2) is 8.66. The van der Waals surface area contributed by atoms with Crippen molar-refractivity contribution in [1.82, 2.24) is 5.32 Å². The number of benzene rings is 1. The SMILES string of the molecule is CC(C)[C@@H](NC(=O)COC(=O)C1=COCCO1)c1ccc2c(c1)OCCO2. The van der Waals surface area contributed by atoms with Gasteiger partial charge in [-0.2, -0.15) is 0 Å². The van der Waals surface area contributed by atoms with Gasteiger partial charge in [-0.15, -0.1) is 0 Å². The Morgan fingerprint density at radius 3 is 2.52 bits per heavy atom. The summed E-state index contributed by atoms with van der Waals surface area (Å²) in [5.41, 5.74) is 0.889. The summed E-state index contributed by atoms with van der Waals surface area (Å²) in [6.07, 6.45) is 1.19. The molecular formula is C19H23NO7. The molecule has 0 saturated carbocycles. The van der Waals surface area contributed by atoms with E-state index in [1.165, 1.54) is 6.26 Å². The van der Waals surface area contributed by atoms with Crippen molar-refractivity contribution in [2.24, 2.45) is 5.92 Å². The molecule has 146 valence electrons. The lowest BCUT2D eigenvalue weighted by Gasteiger charge is -2.25. The third-order valence-electron chi connectivity index (χ3n) is 4.09. The number of carbonyl (C=O) groups excluding carboxylic acids is 2. The van der Waals surface area contributed by atoms with E-state index in [0.717, 1.165) is 5.56 Å². The molecule has 1 atom stereocenters. The lowest BCUT2D eigenvalue weighted by molar-refractivity contribution is -0.149. The van der Waals surface area contributed by atoms with Crippen molar-refractivity contribution < 1.29 is 33.3 Å². The largest absolute Gasteiger partial charge is 0.493 e. The molecule has 2 aliphatic heterocycles. The molecule has 27 heavy (non-hydrogen) atoms. The molecule has 0 saturated heterocycles. The fourth-order valence-corrected chi connectivity index (χ4v) is 2.78. The molecule has 2 aliphatic rings. The van der Waals surface area contributed by atoms with Crippen LogP contribution in [0.2, 0.25) is 0 Å². The Labute approximate surface area is 157 Å². The number of ether oxygens (including phenoxy) is 5. The van der Waals surface area contributed by atoms with Crippen LogP contribution in [0, 0.1) is 5.92 Å². The van der Waals surface area contributed by atoms with Crippen molar-refractivity contribution >= 4 is 11.9 Å². The minimum Gasteiger partial charge on any atom is -0.493 e. The minimum absolute atomic E-state index is 0.0405. The summed E-state index contributed by atoms with van der Waals surface area (Å²) in [6, 6.07) is 5.32. The van der Waals surface area contributed by atoms with E-state index in [9.17, 15) is 9.59 Å². The zero-order valence-corrected chi connectivity index (χ0v) is 15.4. The van der Waals surface area contributed by atoms with Crippen LogP contribution < -0.4 is 14.8 Å². The normalized spacial score (nSPS) is 16.5. The number of rotatable bonds is 6. The number of fused-ring (bicyclic) bond motifs is 1. The summed E-state index contributed by atoms with van der Waals surface area (Å²) >= 11 is 0. The molecule has 0 radical (unpaired) electrons. The number of nitrogens with one attached hydrogen (secondary N) is 1. The number of esters is 1. The zero-order valence-electron chi connectivity index (χ0n) is 15.4. The first-order valence-corrected chi connectivity index (χ1v) is 8.85. The quantitative estimate of drug-likeness (QED) is 0.755. The van der Waals surface area contributed by atoms with Crippen LogP contribution in [-0.2, 0) is 23.8 Å². The van der Waals surface area contributed by atoms with Crippen LogP contribution in [0.25, 0.3) is 0 Å². The first kappa shape index (κ1) is 18.9. The molecule has 0 bridgehead atoms. The van der Waals surface area contributed by atoms with E-state index in [0.29, 0.717) is 31.3 Å². The van der Waals surface area contributed by atoms with Gasteiger partial charge in [0, 0.05) is 0 Å². The van der Waals surface area contributed by atoms with Gasteiger partial charge in [0.2, 0.25) is 5.76 Å². The van der Waals surface area contributed by atoms with E-state index >= 15 is 0 Å². The first-order valence-electron chi connectivity index (χ1n) is 8.85. The monoisotopic (exact) mass is 377 g/mol. The molecular weight excluding hydrogens is 354 g/mol. The van der Waals surface area contributed by atoms with Gasteiger partial charge in [-0.25, -0.2) is 4.79 Å². The molecule has 0 aliphatic carbocycles. The van der Waals surface area contributed by atoms with Crippen molar-refractivity contribution in [3.63, 3.8) is 0 Å². The first-order chi connectivity index (χ1) is 13.0. The van der Waals surface area contributed by atoms with E-state index in [-0.39, 0.29) is 24.3 Å². The fraction of sp³-hybridized carbons (Fsp3) is 0.474. The van der Waals surface area contributed by atoms with Gasteiger partial charge >= 0.3 is 5.97 Å². The maximum absolute atomic E-state index is 12.3. The third-order valence-corrected chi connectivity index (χ3v) is 4.09. The Morgan fingerprint density at radius 2 is 1.81 bits per heavy atom. The average molecular weight is 377 g/mol. The van der Waals surface area contributed by atoms with Gasteiger partial charge in [-0.3, -0.25) is 4.79 Å². The molecule has 0 spiro atoms. The topological polar surface area (TPSA) is 92.3 Å². The highest BCUT2D eigenvalue weighted by atomic mass is 16.6. The minimum atomic E-state index is -0.731. The lowest BCUT2D eigenvalue weighted by Crippen LogP contribution is -2.35. The van der Waals surface area contributed by atoms with E-state index in [1.54, 1.807) is 0 Å². The van der Waals surface area contributed by atoms with E-state index in [1.807, 2.05) is 32.0 Å². The van der Waals surface area contributed by atoms with Crippen LogP contribution in [0.3, 0.4) is 0 Å². The predicted octanol–water partition coefficient (Wildman–Crippen LogP) is 1.70. The molecule has 3 rings (SSSR count). The zero-order chi connectivity index (χ0) is 19.2. The fourth-order valence-electron chi connectivity index (χ4n) is 2.78. The lowest BCUT2D eigenvalue weighted by atomic mass is 9.95. The van der Waals surface area contributed by atoms with E-state index < -0.39 is 18.5 Å². The Hall–Kier alpha value is -2.90. The Bertz CT molecular complexity index is 729. The molecule has 1 aromatic carbocycles. The summed E-state index contributed by atoms with van der Waals surface area (Å²) in [6.45, 7) is 5.24. The summed E-state index contributed by atoms with van der Waals surface area (Å²) in [4.78, 5) is 24.1. The van der Waals surface area contributed by atoms with Crippen molar-refractivity contribution in [2.45, 2.75) is 19.9 Å². The van der Waals surface area contributed by atoms with Gasteiger partial charge in [0.1, 0.15) is 32.7 Å².